The van der Waals surface area contributed by atoms with Gasteiger partial charge in [0.25, 0.3) is 0 Å². The lowest BCUT2D eigenvalue weighted by atomic mass is 10.3. The number of ether oxygens (including phenoxy) is 1. The maximum atomic E-state index is 10.9. The summed E-state index contributed by atoms with van der Waals surface area (Å²) in [6.07, 6.45) is 2.42. The Kier molecular flexibility index (Phi) is 6.42. The van der Waals surface area contributed by atoms with Crippen molar-refractivity contribution in [2.24, 2.45) is 0 Å². The van der Waals surface area contributed by atoms with Crippen molar-refractivity contribution in [2.45, 2.75) is 38.4 Å². The van der Waals surface area contributed by atoms with Crippen molar-refractivity contribution in [3.05, 3.63) is 0 Å². The zero-order valence-corrected chi connectivity index (χ0v) is 8.06. The van der Waals surface area contributed by atoms with Crippen LogP contribution in [-0.2, 0) is 9.53 Å². The number of unbranched alkanes of at least 4 members (excludes halogenated alkanes) is 1. The van der Waals surface area contributed by atoms with Gasteiger partial charge in [-0.15, -0.1) is 0 Å². The molecule has 0 aromatic rings. The number of esters is 1. The zero-order chi connectivity index (χ0) is 8.69. The van der Waals surface area contributed by atoms with Gasteiger partial charge in [0.15, 0.2) is 0 Å². The van der Waals surface area contributed by atoms with Crippen LogP contribution in [0.15, 0.2) is 0 Å². The second-order valence-corrected chi connectivity index (χ2v) is 3.51. The smallest absolute Gasteiger partial charge is 0.306 e. The van der Waals surface area contributed by atoms with Crippen LogP contribution in [0.25, 0.3) is 0 Å². The summed E-state index contributed by atoms with van der Waals surface area (Å²) in [7, 11) is 0. The van der Waals surface area contributed by atoms with E-state index >= 15 is 0 Å². The Balaban J connectivity index is 3.23. The molecule has 0 aliphatic carbocycles. The first-order chi connectivity index (χ1) is 5.16. The lowest BCUT2D eigenvalue weighted by Crippen LogP contribution is -2.09. The third kappa shape index (κ3) is 7.72. The monoisotopic (exact) mass is 176 g/mol. The fourth-order valence-electron chi connectivity index (χ4n) is 0.630. The van der Waals surface area contributed by atoms with Gasteiger partial charge in [0.2, 0.25) is 0 Å². The van der Waals surface area contributed by atoms with Gasteiger partial charge in [-0.05, 0) is 6.42 Å². The zero-order valence-electron chi connectivity index (χ0n) is 7.17. The van der Waals surface area contributed by atoms with Gasteiger partial charge in [0, 0.05) is 5.25 Å². The largest absolute Gasteiger partial charge is 0.466 e. The molecule has 0 spiro atoms. The van der Waals surface area contributed by atoms with Crippen LogP contribution in [0.3, 0.4) is 0 Å². The molecule has 1 atom stereocenters. The molecule has 0 aromatic heterocycles. The van der Waals surface area contributed by atoms with Gasteiger partial charge < -0.3 is 4.74 Å². The Morgan fingerprint density at radius 2 is 2.27 bits per heavy atom. The van der Waals surface area contributed by atoms with Crippen LogP contribution in [0.1, 0.15) is 33.1 Å². The van der Waals surface area contributed by atoms with E-state index in [2.05, 4.69) is 19.6 Å². The third-order valence-electron chi connectivity index (χ3n) is 1.22. The number of thiol groups is 1. The molecular weight excluding hydrogens is 160 g/mol. The molecule has 0 heterocycles. The molecule has 11 heavy (non-hydrogen) atoms. The predicted octanol–water partition coefficient (Wildman–Crippen LogP) is 2.04. The minimum atomic E-state index is -0.138. The molecule has 0 aliphatic heterocycles. The van der Waals surface area contributed by atoms with Crippen LogP contribution >= 0.6 is 12.6 Å². The molecule has 0 amide bonds. The normalized spacial score (nSPS) is 12.6. The fraction of sp³-hybridized carbons (Fsp3) is 0.875. The Labute approximate surface area is 73.7 Å². The van der Waals surface area contributed by atoms with Gasteiger partial charge in [-0.1, -0.05) is 20.3 Å². The summed E-state index contributed by atoms with van der Waals surface area (Å²) in [6.45, 7) is 4.50. The maximum absolute atomic E-state index is 10.9. The average molecular weight is 176 g/mol. The SMILES string of the molecule is CCCCOC(=O)CC(C)S. The highest BCUT2D eigenvalue weighted by Crippen LogP contribution is 2.01. The molecule has 0 saturated carbocycles. The molecule has 66 valence electrons. The number of carbonyl (C=O) groups excluding carboxylic acids is 1. The fourth-order valence-corrected chi connectivity index (χ4v) is 0.780. The highest BCUT2D eigenvalue weighted by atomic mass is 32.1. The van der Waals surface area contributed by atoms with Crippen LogP contribution < -0.4 is 0 Å². The first-order valence-electron chi connectivity index (χ1n) is 4.00. The topological polar surface area (TPSA) is 26.3 Å². The number of hydrogen-bond acceptors (Lipinski definition) is 3. The lowest BCUT2D eigenvalue weighted by Gasteiger charge is -2.04. The van der Waals surface area contributed by atoms with Crippen molar-refractivity contribution in [2.75, 3.05) is 6.61 Å². The summed E-state index contributed by atoms with van der Waals surface area (Å²) in [5.41, 5.74) is 0. The average Bonchev–Trinajstić information content (AvgIpc) is 1.86. The summed E-state index contributed by atoms with van der Waals surface area (Å²) >= 11 is 4.08. The molecule has 0 saturated heterocycles. The van der Waals surface area contributed by atoms with Crippen molar-refractivity contribution in [1.29, 1.82) is 0 Å². The highest BCUT2D eigenvalue weighted by molar-refractivity contribution is 7.80. The molecule has 0 aromatic carbocycles. The van der Waals surface area contributed by atoms with Crippen LogP contribution in [0.5, 0.6) is 0 Å². The molecule has 0 fully saturated rings. The standard InChI is InChI=1S/C8H16O2S/c1-3-4-5-10-8(9)6-7(2)11/h7,11H,3-6H2,1-2H3. The second-order valence-electron chi connectivity index (χ2n) is 2.63. The third-order valence-corrected chi connectivity index (χ3v) is 1.41. The Morgan fingerprint density at radius 1 is 1.64 bits per heavy atom. The number of hydrogen-bond donors (Lipinski definition) is 1. The van der Waals surface area contributed by atoms with E-state index < -0.39 is 0 Å². The summed E-state index contributed by atoms with van der Waals surface area (Å²) in [4.78, 5) is 10.9. The molecule has 1 unspecified atom stereocenters. The van der Waals surface area contributed by atoms with Crippen molar-refractivity contribution >= 4 is 18.6 Å². The van der Waals surface area contributed by atoms with E-state index in [1.54, 1.807) is 0 Å². The first-order valence-corrected chi connectivity index (χ1v) is 4.52. The van der Waals surface area contributed by atoms with Crippen molar-refractivity contribution in [3.8, 4) is 0 Å². The van der Waals surface area contributed by atoms with E-state index in [0.717, 1.165) is 12.8 Å². The van der Waals surface area contributed by atoms with E-state index in [9.17, 15) is 4.79 Å². The summed E-state index contributed by atoms with van der Waals surface area (Å²) in [5, 5.41) is 0.101. The van der Waals surface area contributed by atoms with E-state index in [1.165, 1.54) is 0 Å². The van der Waals surface area contributed by atoms with Gasteiger partial charge in [0.1, 0.15) is 0 Å². The predicted molar refractivity (Wildman–Crippen MR) is 48.9 cm³/mol. The Bertz CT molecular complexity index is 113. The van der Waals surface area contributed by atoms with Gasteiger partial charge in [0.05, 0.1) is 13.0 Å². The van der Waals surface area contributed by atoms with E-state index in [-0.39, 0.29) is 11.2 Å². The summed E-state index contributed by atoms with van der Waals surface area (Å²) < 4.78 is 4.91. The van der Waals surface area contributed by atoms with Crippen molar-refractivity contribution in [1.82, 2.24) is 0 Å². The molecule has 0 radical (unpaired) electrons. The summed E-state index contributed by atoms with van der Waals surface area (Å²) in [6, 6.07) is 0. The van der Waals surface area contributed by atoms with Crippen LogP contribution in [0, 0.1) is 0 Å². The molecule has 0 N–H and O–H groups in total. The number of rotatable bonds is 5. The van der Waals surface area contributed by atoms with Crippen molar-refractivity contribution < 1.29 is 9.53 Å². The Morgan fingerprint density at radius 3 is 2.73 bits per heavy atom. The van der Waals surface area contributed by atoms with Gasteiger partial charge in [-0.2, -0.15) is 12.6 Å². The van der Waals surface area contributed by atoms with E-state index in [1.807, 2.05) is 6.92 Å². The second kappa shape index (κ2) is 6.53. The van der Waals surface area contributed by atoms with Gasteiger partial charge in [-0.25, -0.2) is 0 Å². The minimum Gasteiger partial charge on any atom is -0.466 e. The molecule has 0 aliphatic rings. The summed E-state index contributed by atoms with van der Waals surface area (Å²) in [5.74, 6) is -0.138. The molecule has 0 bridgehead atoms. The molecule has 3 heteroatoms. The molecule has 2 nitrogen and oxygen atoms in total. The molecule has 0 rings (SSSR count). The number of carbonyl (C=O) groups is 1. The van der Waals surface area contributed by atoms with E-state index in [0.29, 0.717) is 13.0 Å². The van der Waals surface area contributed by atoms with Crippen LogP contribution in [-0.4, -0.2) is 17.8 Å². The van der Waals surface area contributed by atoms with Crippen LogP contribution in [0.4, 0.5) is 0 Å². The lowest BCUT2D eigenvalue weighted by molar-refractivity contribution is -0.143. The highest BCUT2D eigenvalue weighted by Gasteiger charge is 2.05. The van der Waals surface area contributed by atoms with Gasteiger partial charge in [-0.3, -0.25) is 4.79 Å². The maximum Gasteiger partial charge on any atom is 0.306 e. The van der Waals surface area contributed by atoms with Gasteiger partial charge >= 0.3 is 5.97 Å². The van der Waals surface area contributed by atoms with E-state index in [4.69, 9.17) is 4.74 Å². The quantitative estimate of drug-likeness (QED) is 0.394. The van der Waals surface area contributed by atoms with Crippen LogP contribution in [0.2, 0.25) is 0 Å². The Hall–Kier alpha value is -0.180. The van der Waals surface area contributed by atoms with Crippen molar-refractivity contribution in [3.63, 3.8) is 0 Å². The minimum absolute atomic E-state index is 0.101. The molecular formula is C8H16O2S. The first kappa shape index (κ1) is 10.8.